The number of unbranched alkanes of at least 4 members (excludes halogenated alkanes) is 22. The summed E-state index contributed by atoms with van der Waals surface area (Å²) < 4.78 is 26.2. The first kappa shape index (κ1) is 44.5. The van der Waals surface area contributed by atoms with E-state index in [1.54, 1.807) is 6.92 Å². The van der Waals surface area contributed by atoms with Gasteiger partial charge in [-0.1, -0.05) is 142 Å². The molecule has 11 heteroatoms. The number of amides is 1. The summed E-state index contributed by atoms with van der Waals surface area (Å²) in [5.41, 5.74) is 0. The van der Waals surface area contributed by atoms with Gasteiger partial charge in [-0.2, -0.15) is 0 Å². The molecule has 272 valence electrons. The van der Waals surface area contributed by atoms with Crippen molar-refractivity contribution in [2.45, 2.75) is 187 Å². The third-order valence-corrected chi connectivity index (χ3v) is 8.56. The van der Waals surface area contributed by atoms with Crippen molar-refractivity contribution in [2.24, 2.45) is 0 Å². The van der Waals surface area contributed by atoms with Gasteiger partial charge in [-0.25, -0.2) is 4.57 Å². The lowest BCUT2D eigenvalue weighted by Crippen LogP contribution is -2.29. The maximum absolute atomic E-state index is 12.3. The number of rotatable bonds is 34. The standard InChI is InChI=1S/C35H68NO9P/c1-3-4-5-6-7-8-12-16-19-22-25-28-35(39)45-33(31-44-46(40,41)42)30-43-34(38)27-24-21-18-15-13-10-9-11-14-17-20-23-26-29-36-32(2)37/h33H,3-31H2,1-2H3,(H,36,37)(H2,40,41,42)/t33-/m1/s1. The van der Waals surface area contributed by atoms with Crippen LogP contribution in [-0.2, 0) is 32.9 Å². The van der Waals surface area contributed by atoms with Crippen molar-refractivity contribution in [3.8, 4) is 0 Å². The second-order valence-electron chi connectivity index (χ2n) is 12.7. The summed E-state index contributed by atoms with van der Waals surface area (Å²) in [6.45, 7) is 3.72. The fourth-order valence-electron chi connectivity index (χ4n) is 5.34. The van der Waals surface area contributed by atoms with Gasteiger partial charge in [-0.15, -0.1) is 0 Å². The van der Waals surface area contributed by atoms with Crippen LogP contribution >= 0.6 is 7.82 Å². The van der Waals surface area contributed by atoms with Crippen molar-refractivity contribution in [1.82, 2.24) is 5.32 Å². The van der Waals surface area contributed by atoms with Gasteiger partial charge in [0, 0.05) is 26.3 Å². The number of nitrogens with one attached hydrogen (secondary N) is 1. The van der Waals surface area contributed by atoms with Crippen LogP contribution in [0.2, 0.25) is 0 Å². The molecule has 0 aromatic rings. The summed E-state index contributed by atoms with van der Waals surface area (Å²) in [5.74, 6) is -0.859. The predicted octanol–water partition coefficient (Wildman–Crippen LogP) is 8.85. The molecule has 0 unspecified atom stereocenters. The van der Waals surface area contributed by atoms with Crippen LogP contribution in [0.25, 0.3) is 0 Å². The van der Waals surface area contributed by atoms with Crippen LogP contribution in [0.1, 0.15) is 181 Å². The molecule has 1 amide bonds. The molecular formula is C35H68NO9P. The first-order valence-electron chi connectivity index (χ1n) is 18.4. The lowest BCUT2D eigenvalue weighted by atomic mass is 10.0. The summed E-state index contributed by atoms with van der Waals surface area (Å²) in [5, 5.41) is 2.83. The molecule has 0 bridgehead atoms. The maximum Gasteiger partial charge on any atom is 0.469 e. The molecule has 0 aromatic carbocycles. The van der Waals surface area contributed by atoms with E-state index >= 15 is 0 Å². The molecule has 0 aromatic heterocycles. The van der Waals surface area contributed by atoms with Crippen molar-refractivity contribution in [3.63, 3.8) is 0 Å². The minimum absolute atomic E-state index is 0.0444. The highest BCUT2D eigenvalue weighted by Gasteiger charge is 2.22. The lowest BCUT2D eigenvalue weighted by molar-refractivity contribution is -0.161. The predicted molar refractivity (Wildman–Crippen MR) is 183 cm³/mol. The van der Waals surface area contributed by atoms with Gasteiger partial charge >= 0.3 is 19.8 Å². The van der Waals surface area contributed by atoms with E-state index in [-0.39, 0.29) is 25.4 Å². The van der Waals surface area contributed by atoms with Crippen molar-refractivity contribution < 1.29 is 42.7 Å². The van der Waals surface area contributed by atoms with E-state index in [9.17, 15) is 18.9 Å². The molecule has 0 aliphatic carbocycles. The second kappa shape index (κ2) is 32.1. The van der Waals surface area contributed by atoms with Gasteiger partial charge in [-0.05, 0) is 19.3 Å². The zero-order valence-electron chi connectivity index (χ0n) is 29.3. The normalized spacial score (nSPS) is 12.2. The minimum Gasteiger partial charge on any atom is -0.462 e. The highest BCUT2D eigenvalue weighted by atomic mass is 31.2. The number of carbonyl (C=O) groups is 3. The first-order valence-corrected chi connectivity index (χ1v) is 20.0. The van der Waals surface area contributed by atoms with Crippen molar-refractivity contribution in [2.75, 3.05) is 19.8 Å². The Bertz CT molecular complexity index is 790. The average Bonchev–Trinajstić information content (AvgIpc) is 3.00. The smallest absolute Gasteiger partial charge is 0.462 e. The van der Waals surface area contributed by atoms with Gasteiger partial charge < -0.3 is 24.6 Å². The Balaban J connectivity index is 3.89. The third-order valence-electron chi connectivity index (χ3n) is 8.07. The quantitative estimate of drug-likeness (QED) is 0.0345. The second-order valence-corrected chi connectivity index (χ2v) is 13.9. The number of phosphoric ester groups is 1. The monoisotopic (exact) mass is 677 g/mol. The zero-order valence-corrected chi connectivity index (χ0v) is 30.2. The van der Waals surface area contributed by atoms with Crippen LogP contribution in [0.4, 0.5) is 0 Å². The SMILES string of the molecule is CCCCCCCCCCCCCC(=O)O[C@H](COC(=O)CCCCCCCCCCCCCCCNC(C)=O)COP(=O)(O)O. The van der Waals surface area contributed by atoms with Crippen molar-refractivity contribution in [1.29, 1.82) is 0 Å². The molecule has 0 rings (SSSR count). The summed E-state index contributed by atoms with van der Waals surface area (Å²) >= 11 is 0. The Morgan fingerprint density at radius 3 is 1.39 bits per heavy atom. The van der Waals surface area contributed by atoms with Crippen LogP contribution in [0.3, 0.4) is 0 Å². The molecule has 3 N–H and O–H groups in total. The van der Waals surface area contributed by atoms with Crippen molar-refractivity contribution in [3.05, 3.63) is 0 Å². The summed E-state index contributed by atoms with van der Waals surface area (Å²) in [4.78, 5) is 53.4. The number of hydrogen-bond donors (Lipinski definition) is 3. The van der Waals surface area contributed by atoms with Gasteiger partial charge in [0.25, 0.3) is 0 Å². The van der Waals surface area contributed by atoms with Gasteiger partial charge in [0.15, 0.2) is 6.10 Å². The van der Waals surface area contributed by atoms with E-state index in [1.165, 1.54) is 96.3 Å². The van der Waals surface area contributed by atoms with Crippen LogP contribution in [0, 0.1) is 0 Å². The topological polar surface area (TPSA) is 148 Å². The molecule has 10 nitrogen and oxygen atoms in total. The fourth-order valence-corrected chi connectivity index (χ4v) is 5.70. The van der Waals surface area contributed by atoms with Crippen LogP contribution in [0.5, 0.6) is 0 Å². The van der Waals surface area contributed by atoms with E-state index in [0.717, 1.165) is 51.5 Å². The summed E-state index contributed by atoms with van der Waals surface area (Å²) in [6.07, 6.45) is 27.0. The maximum atomic E-state index is 12.3. The van der Waals surface area contributed by atoms with E-state index < -0.39 is 32.5 Å². The number of phosphoric acid groups is 1. The molecule has 46 heavy (non-hydrogen) atoms. The van der Waals surface area contributed by atoms with Gasteiger partial charge in [-0.3, -0.25) is 18.9 Å². The van der Waals surface area contributed by atoms with Crippen molar-refractivity contribution >= 4 is 25.7 Å². The molecule has 0 aliphatic heterocycles. The van der Waals surface area contributed by atoms with E-state index in [4.69, 9.17) is 19.3 Å². The Morgan fingerprint density at radius 2 is 0.978 bits per heavy atom. The Kier molecular flexibility index (Phi) is 31.1. The summed E-state index contributed by atoms with van der Waals surface area (Å²) in [7, 11) is -4.75. The lowest BCUT2D eigenvalue weighted by Gasteiger charge is -2.18. The van der Waals surface area contributed by atoms with Gasteiger partial charge in [0.05, 0.1) is 6.61 Å². The summed E-state index contributed by atoms with van der Waals surface area (Å²) in [6, 6.07) is 0. The number of carbonyl (C=O) groups excluding carboxylic acids is 3. The van der Waals surface area contributed by atoms with E-state index in [2.05, 4.69) is 16.8 Å². The molecule has 0 saturated carbocycles. The third kappa shape index (κ3) is 35.4. The molecule has 0 saturated heterocycles. The van der Waals surface area contributed by atoms with Gasteiger partial charge in [0.2, 0.25) is 5.91 Å². The number of esters is 2. The highest BCUT2D eigenvalue weighted by molar-refractivity contribution is 7.46. The van der Waals surface area contributed by atoms with E-state index in [1.807, 2.05) is 0 Å². The average molecular weight is 678 g/mol. The van der Waals surface area contributed by atoms with Crippen LogP contribution in [-0.4, -0.2) is 53.5 Å². The molecule has 0 spiro atoms. The Morgan fingerprint density at radius 1 is 0.587 bits per heavy atom. The molecule has 0 fully saturated rings. The molecule has 0 aliphatic rings. The molecule has 0 radical (unpaired) electrons. The number of hydrogen-bond acceptors (Lipinski definition) is 7. The zero-order chi connectivity index (χ0) is 34.1. The fraction of sp³-hybridized carbons (Fsp3) is 0.914. The largest absolute Gasteiger partial charge is 0.469 e. The van der Waals surface area contributed by atoms with Crippen LogP contribution in [0.15, 0.2) is 0 Å². The molecule has 1 atom stereocenters. The number of ether oxygens (including phenoxy) is 2. The van der Waals surface area contributed by atoms with Gasteiger partial charge in [0.1, 0.15) is 6.61 Å². The van der Waals surface area contributed by atoms with Crippen LogP contribution < -0.4 is 5.32 Å². The highest BCUT2D eigenvalue weighted by Crippen LogP contribution is 2.36. The Hall–Kier alpha value is -1.48. The van der Waals surface area contributed by atoms with E-state index in [0.29, 0.717) is 12.8 Å². The first-order chi connectivity index (χ1) is 22.1. The molecular weight excluding hydrogens is 609 g/mol. The minimum atomic E-state index is -4.75. The Labute approximate surface area is 280 Å². The molecule has 0 heterocycles.